The van der Waals surface area contributed by atoms with Crippen molar-refractivity contribution in [3.8, 4) is 28.9 Å². The number of benzene rings is 11. The van der Waals surface area contributed by atoms with Crippen molar-refractivity contribution in [1.29, 1.82) is 0 Å². The summed E-state index contributed by atoms with van der Waals surface area (Å²) in [5.74, 6) is 2.30. The monoisotopic (exact) mass is 1750 g/mol. The highest BCUT2D eigenvalue weighted by molar-refractivity contribution is 14.1. The first-order valence-corrected chi connectivity index (χ1v) is 39.8. The van der Waals surface area contributed by atoms with Crippen LogP contribution in [0.15, 0.2) is 286 Å². The van der Waals surface area contributed by atoms with Gasteiger partial charge in [-0.15, -0.1) is 0 Å². The molecule has 1 atom stereocenters. The van der Waals surface area contributed by atoms with Gasteiger partial charge in [-0.2, -0.15) is 15.1 Å². The van der Waals surface area contributed by atoms with E-state index >= 15 is 0 Å². The minimum atomic E-state index is -0.442. The third-order valence-corrected chi connectivity index (χ3v) is 18.6. The number of hydrogen-bond acceptors (Lipinski definition) is 23. The summed E-state index contributed by atoms with van der Waals surface area (Å²) in [4.78, 5) is 86.8. The van der Waals surface area contributed by atoms with Gasteiger partial charge in [-0.05, 0) is 139 Å². The van der Waals surface area contributed by atoms with Crippen molar-refractivity contribution in [3.05, 3.63) is 319 Å². The number of rotatable bonds is 19. The zero-order valence-electron chi connectivity index (χ0n) is 68.9. The Bertz CT molecular complexity index is 6180. The molecule has 4 amide bonds. The van der Waals surface area contributed by atoms with Crippen molar-refractivity contribution in [2.45, 2.75) is 52.6 Å². The van der Waals surface area contributed by atoms with Crippen LogP contribution < -0.4 is 62.9 Å². The molecular formula is C93H89IN18O10. The lowest BCUT2D eigenvalue weighted by atomic mass is 9.92. The minimum absolute atomic E-state index is 0.0901. The molecule has 618 valence electrons. The Hall–Kier alpha value is -15.1. The van der Waals surface area contributed by atoms with E-state index in [1.165, 1.54) is 26.9 Å². The third kappa shape index (κ3) is 23.0. The Labute approximate surface area is 719 Å². The van der Waals surface area contributed by atoms with Crippen LogP contribution in [0.25, 0.3) is 38.0 Å². The molecule has 1 saturated heterocycles. The van der Waals surface area contributed by atoms with Crippen LogP contribution in [0.2, 0.25) is 0 Å². The van der Waals surface area contributed by atoms with Crippen LogP contribution in [0, 0.1) is 13.8 Å². The maximum atomic E-state index is 13.4. The standard InChI is InChI=1S/C37H35N7O4.C22H18N4O3.C21H22N4O.C12H11N3O2.CH3I/c1-23-13-15-26(16-14-23)44-32(22-31(43-44)37(2,3)4)41-36(46)40-29-17-18-30(28-12-7-6-11-27(28)29)48-33-19-20-38-35(42-33)39-25-10-8-9-24(21-25)34(45)47-5;1-28-21(27)14-5-4-6-15(13-14)25-22-24-12-11-20(26-22)29-19-10-9-18(23)16-7-2-3-8-17(16)19;1-15-9-11-17(12-10-15)25-20(13-14-22-25)24-21(26)23-19-8-4-6-16-5-2-3-7-18(16)19;1-17-11(16)9-4-2-5-10(8-9)15-12-13-6-3-7-14-12;1-2/h6-22H,1-5H3,(H,38,39,42)(H2,40,41,46);2-13H,23H2,1H3,(H,24,25,26);2-12,20,22H,13-14H2,1H3,(H2,23,24,26);2-8H,1H3,(H,13,14,15);1H3/i;;;;1D. The molecule has 29 heteroatoms. The summed E-state index contributed by atoms with van der Waals surface area (Å²) >= 11 is 1.96. The highest BCUT2D eigenvalue weighted by Gasteiger charge is 2.27. The first-order chi connectivity index (χ1) is 59.6. The van der Waals surface area contributed by atoms with Gasteiger partial charge in [0.05, 0.1) is 66.5 Å². The maximum absolute atomic E-state index is 13.4. The molecule has 5 heterocycles. The average molecular weight is 1750 g/mol. The number of aromatic nitrogens is 8. The van der Waals surface area contributed by atoms with E-state index < -0.39 is 18.0 Å². The van der Waals surface area contributed by atoms with Gasteiger partial charge >= 0.3 is 30.0 Å². The maximum Gasteiger partial charge on any atom is 0.337 e. The summed E-state index contributed by atoms with van der Waals surface area (Å²) in [5, 5.41) is 33.5. The molecular weight excluding hydrogens is 1660 g/mol. The fraction of sp³-hybridized carbons (Fsp3) is 0.140. The fourth-order valence-corrected chi connectivity index (χ4v) is 12.6. The first-order valence-electron chi connectivity index (χ1n) is 39.0. The van der Waals surface area contributed by atoms with Crippen molar-refractivity contribution in [2.75, 3.05) is 75.4 Å². The van der Waals surface area contributed by atoms with Gasteiger partial charge in [0.15, 0.2) is 0 Å². The molecule has 122 heavy (non-hydrogen) atoms. The lowest BCUT2D eigenvalue weighted by Crippen LogP contribution is -2.49. The van der Waals surface area contributed by atoms with Gasteiger partial charge < -0.3 is 61.3 Å². The van der Waals surface area contributed by atoms with Crippen LogP contribution in [0.3, 0.4) is 0 Å². The van der Waals surface area contributed by atoms with E-state index in [0.29, 0.717) is 85.3 Å². The van der Waals surface area contributed by atoms with Crippen molar-refractivity contribution >= 4 is 148 Å². The lowest BCUT2D eigenvalue weighted by Gasteiger charge is -2.27. The second-order valence-electron chi connectivity index (χ2n) is 28.2. The first kappa shape index (κ1) is 84.8. The van der Waals surface area contributed by atoms with Crippen molar-refractivity contribution in [3.63, 3.8) is 0 Å². The molecule has 0 aliphatic carbocycles. The number of nitrogens with two attached hydrogens (primary N) is 1. The van der Waals surface area contributed by atoms with E-state index in [2.05, 4.69) is 129 Å². The number of amides is 4. The van der Waals surface area contributed by atoms with E-state index in [0.717, 1.165) is 79.3 Å². The predicted octanol–water partition coefficient (Wildman–Crippen LogP) is 20.0. The summed E-state index contributed by atoms with van der Waals surface area (Å²) in [7, 11) is 4.02. The summed E-state index contributed by atoms with van der Waals surface area (Å²) in [6.45, 7) is 11.2. The van der Waals surface area contributed by atoms with Crippen LogP contribution in [-0.4, -0.2) is 109 Å². The highest BCUT2D eigenvalue weighted by atomic mass is 127. The van der Waals surface area contributed by atoms with E-state index in [1.54, 1.807) is 133 Å². The summed E-state index contributed by atoms with van der Waals surface area (Å²) < 4.78 is 34.3. The number of anilines is 11. The number of halogens is 1. The number of ether oxygens (including phenoxy) is 5. The molecule has 28 nitrogen and oxygen atoms in total. The van der Waals surface area contributed by atoms with E-state index in [4.69, 9.17) is 31.2 Å². The van der Waals surface area contributed by atoms with Gasteiger partial charge in [0.2, 0.25) is 29.6 Å². The fourth-order valence-electron chi connectivity index (χ4n) is 12.6. The van der Waals surface area contributed by atoms with Gasteiger partial charge in [-0.1, -0.05) is 182 Å². The number of carbonyl (C=O) groups is 5. The quantitative estimate of drug-likeness (QED) is 0.0119. The lowest BCUT2D eigenvalue weighted by molar-refractivity contribution is 0.0592. The number of alkyl halides is 1. The number of nitrogen functional groups attached to an aromatic ring is 1. The predicted molar refractivity (Wildman–Crippen MR) is 487 cm³/mol. The number of nitrogens with zero attached hydrogens (tertiary/aromatic N) is 9. The third-order valence-electron chi connectivity index (χ3n) is 18.6. The highest BCUT2D eigenvalue weighted by Crippen LogP contribution is 2.37. The minimum Gasteiger partial charge on any atom is -0.465 e. The topological polar surface area (TPSA) is 352 Å². The Morgan fingerprint density at radius 1 is 0.475 bits per heavy atom. The SMILES string of the molecule is COC(=O)c1cccc(Nc2nccc(Oc3ccc(N)c4ccccc34)n2)c1.COC(=O)c1cccc(Nc2nccc(Oc3ccc(NC(=O)Nc4cc(C(C)(C)C)nn4-c4ccc(C)cc4)c4ccccc34)n2)c1.COC(=O)c1cccc(Nc2ncccn2)c1.Cc1ccc(N2NCCC2NC(=O)Nc2cccc3ccccc23)cc1.[2H]CI. The number of aryl methyl sites for hydroxylation is 2. The average Bonchev–Trinajstić information content (AvgIpc) is 1.77. The van der Waals surface area contributed by atoms with Gasteiger partial charge in [-0.25, -0.2) is 54.0 Å². The summed E-state index contributed by atoms with van der Waals surface area (Å²) in [6.07, 6.45) is 7.20. The zero-order chi connectivity index (χ0) is 86.8. The normalized spacial score (nSPS) is 12.0. The Morgan fingerprint density at radius 3 is 1.47 bits per heavy atom. The van der Waals surface area contributed by atoms with E-state index in [1.807, 2.05) is 168 Å². The van der Waals surface area contributed by atoms with Crippen LogP contribution in [0.5, 0.6) is 23.3 Å². The largest absolute Gasteiger partial charge is 0.465 e. The number of nitrogens with one attached hydrogen (secondary N) is 8. The van der Waals surface area contributed by atoms with Crippen molar-refractivity contribution in [2.24, 2.45) is 0 Å². The van der Waals surface area contributed by atoms with Gasteiger partial charge in [0, 0.05) is 112 Å². The molecule has 1 aliphatic rings. The number of methoxy groups -OCH3 is 3. The number of hydrazine groups is 1. The van der Waals surface area contributed by atoms with Crippen LogP contribution in [-0.2, 0) is 19.6 Å². The molecule has 11 aromatic carbocycles. The molecule has 0 radical (unpaired) electrons. The molecule has 10 N–H and O–H groups in total. The number of carbonyl (C=O) groups excluding carboxylic acids is 5. The number of hydrogen-bond donors (Lipinski definition) is 9. The van der Waals surface area contributed by atoms with Gasteiger partial charge in [0.25, 0.3) is 0 Å². The molecule has 1 aliphatic heterocycles. The van der Waals surface area contributed by atoms with Crippen LogP contribution in [0.1, 0.15) is 76.5 Å². The number of fused-ring (bicyclic) bond motifs is 3. The second-order valence-corrected chi connectivity index (χ2v) is 28.2. The number of urea groups is 2. The molecule has 16 rings (SSSR count). The Balaban J connectivity index is 0.000000158. The molecule has 0 saturated carbocycles. The van der Waals surface area contributed by atoms with E-state index in [9.17, 15) is 24.0 Å². The molecule has 15 aromatic rings. The van der Waals surface area contributed by atoms with E-state index in [-0.39, 0.29) is 29.5 Å². The van der Waals surface area contributed by atoms with Gasteiger partial charge in [0.1, 0.15) is 23.5 Å². The zero-order valence-corrected chi connectivity index (χ0v) is 70.1. The smallest absolute Gasteiger partial charge is 0.337 e. The van der Waals surface area contributed by atoms with Gasteiger partial charge in [-0.3, -0.25) is 10.3 Å². The molecule has 1 unspecified atom stereocenters. The molecule has 4 aromatic heterocycles. The number of esters is 3. The van der Waals surface area contributed by atoms with Crippen LogP contribution >= 0.6 is 22.6 Å². The van der Waals surface area contributed by atoms with Crippen molar-refractivity contribution < 1.29 is 49.0 Å². The Kier molecular flexibility index (Phi) is 28.7. The molecule has 0 bridgehead atoms. The summed E-state index contributed by atoms with van der Waals surface area (Å²) in [6, 6.07) is 79.7. The second kappa shape index (κ2) is 41.3. The van der Waals surface area contributed by atoms with Crippen LogP contribution in [0.4, 0.5) is 73.1 Å². The molecule has 0 spiro atoms. The Morgan fingerprint density at radius 2 is 0.926 bits per heavy atom. The molecule has 1 fully saturated rings. The summed E-state index contributed by atoms with van der Waals surface area (Å²) in [5.41, 5.74) is 19.7. The van der Waals surface area contributed by atoms with Crippen molar-refractivity contribution in [1.82, 2.24) is 50.4 Å².